The van der Waals surface area contributed by atoms with Crippen LogP contribution in [-0.4, -0.2) is 31.9 Å². The number of carbonyl (C=O) groups excluding carboxylic acids is 2. The monoisotopic (exact) mass is 311 g/mol. The number of hydrogen-bond donors (Lipinski definition) is 7. The van der Waals surface area contributed by atoms with Gasteiger partial charge in [0.25, 0.3) is 0 Å². The van der Waals surface area contributed by atoms with Crippen molar-refractivity contribution < 1.29 is 9.59 Å². The Labute approximate surface area is 117 Å². The molecule has 4 amide bonds. The molecule has 0 rings (SSSR count). The Morgan fingerprint density at radius 1 is 1.16 bits per heavy atom. The molecule has 0 radical (unpaired) electrons. The molecule has 0 heterocycles. The van der Waals surface area contributed by atoms with Crippen LogP contribution in [-0.2, 0) is 11.8 Å². The third-order valence-corrected chi connectivity index (χ3v) is 4.05. The Morgan fingerprint density at radius 3 is 2.37 bits per heavy atom. The molecular formula is C8H22N7O2PS. The maximum atomic E-state index is 11.2. The van der Waals surface area contributed by atoms with Crippen molar-refractivity contribution in [3.05, 3.63) is 0 Å². The topological polar surface area (TPSA) is 146 Å². The van der Waals surface area contributed by atoms with E-state index in [1.165, 1.54) is 0 Å². The number of carbonyl (C=O) groups is 2. The summed E-state index contributed by atoms with van der Waals surface area (Å²) < 4.78 is 0. The van der Waals surface area contributed by atoms with Gasteiger partial charge in [0.15, 0.2) is 0 Å². The molecule has 0 aromatic carbocycles. The fraction of sp³-hybridized carbons (Fsp3) is 0.750. The molecule has 1 unspecified atom stereocenters. The molecule has 0 fully saturated rings. The van der Waals surface area contributed by atoms with Crippen LogP contribution < -0.4 is 37.4 Å². The van der Waals surface area contributed by atoms with Gasteiger partial charge in [0.2, 0.25) is 0 Å². The van der Waals surface area contributed by atoms with E-state index in [4.69, 9.17) is 23.0 Å². The number of hydrogen-bond acceptors (Lipinski definition) is 3. The fourth-order valence-electron chi connectivity index (χ4n) is 0.989. The van der Waals surface area contributed by atoms with Crippen molar-refractivity contribution >= 4 is 30.4 Å². The molecule has 9 N–H and O–H groups in total. The summed E-state index contributed by atoms with van der Waals surface area (Å²) in [6.07, 6.45) is 2.04. The van der Waals surface area contributed by atoms with Crippen LogP contribution in [0.2, 0.25) is 0 Å². The second-order valence-electron chi connectivity index (χ2n) is 3.66. The Morgan fingerprint density at radius 2 is 1.79 bits per heavy atom. The first-order valence-electron chi connectivity index (χ1n) is 5.81. The third kappa shape index (κ3) is 11.9. The van der Waals surface area contributed by atoms with Crippen LogP contribution in [0.1, 0.15) is 19.8 Å². The number of nitrogens with two attached hydrogens (primary N) is 2. The standard InChI is InChI=1S/C8H22N7O2PS/c1-2-3-4-14-18(10,19)15-6-13-8(17)12-5-11-7(9)16/h2-6H2,1H3,(H3,9,11,16)(H2,12,13,17)(H4,10,14,15,19). The first kappa shape index (κ1) is 18.1. The fourth-order valence-corrected chi connectivity index (χ4v) is 2.37. The summed E-state index contributed by atoms with van der Waals surface area (Å²) in [6.45, 7) is 0.579. The van der Waals surface area contributed by atoms with E-state index in [0.29, 0.717) is 0 Å². The van der Waals surface area contributed by atoms with Gasteiger partial charge in [0.1, 0.15) is 6.49 Å². The molecule has 0 spiro atoms. The highest BCUT2D eigenvalue weighted by Crippen LogP contribution is 2.23. The maximum Gasteiger partial charge on any atom is 0.317 e. The minimum Gasteiger partial charge on any atom is -0.352 e. The van der Waals surface area contributed by atoms with Gasteiger partial charge < -0.3 is 21.7 Å². The van der Waals surface area contributed by atoms with Gasteiger partial charge in [-0.2, -0.15) is 0 Å². The Kier molecular flexibility index (Phi) is 9.44. The largest absolute Gasteiger partial charge is 0.352 e. The number of amides is 4. The zero-order valence-corrected chi connectivity index (χ0v) is 12.6. The van der Waals surface area contributed by atoms with E-state index in [9.17, 15) is 9.59 Å². The van der Waals surface area contributed by atoms with Gasteiger partial charge in [-0.05, 0) is 18.2 Å². The van der Waals surface area contributed by atoms with E-state index in [0.717, 1.165) is 19.4 Å². The smallest absolute Gasteiger partial charge is 0.317 e. The minimum absolute atomic E-state index is 0.0489. The van der Waals surface area contributed by atoms with Crippen LogP contribution in [0.4, 0.5) is 9.59 Å². The lowest BCUT2D eigenvalue weighted by Gasteiger charge is -2.20. The summed E-state index contributed by atoms with van der Waals surface area (Å²) in [6, 6.07) is -1.18. The summed E-state index contributed by atoms with van der Waals surface area (Å²) in [5.41, 5.74) is 10.7. The summed E-state index contributed by atoms with van der Waals surface area (Å²) in [5, 5.41) is 13.0. The predicted octanol–water partition coefficient (Wildman–Crippen LogP) is -0.969. The maximum absolute atomic E-state index is 11.2. The van der Waals surface area contributed by atoms with Crippen molar-refractivity contribution in [3.8, 4) is 0 Å². The number of primary amides is 1. The van der Waals surface area contributed by atoms with Crippen molar-refractivity contribution in [2.45, 2.75) is 19.8 Å². The zero-order chi connectivity index (χ0) is 14.7. The molecule has 0 aliphatic heterocycles. The van der Waals surface area contributed by atoms with Gasteiger partial charge in [-0.3, -0.25) is 10.6 Å². The molecule has 0 saturated heterocycles. The van der Waals surface area contributed by atoms with Gasteiger partial charge in [0, 0.05) is 6.54 Å². The Balaban J connectivity index is 3.67. The average Bonchev–Trinajstić information content (AvgIpc) is 2.28. The van der Waals surface area contributed by atoms with Crippen molar-refractivity contribution in [1.82, 2.24) is 26.1 Å². The molecule has 19 heavy (non-hydrogen) atoms. The molecule has 0 aromatic heterocycles. The molecule has 0 aliphatic rings. The molecule has 0 bridgehead atoms. The van der Waals surface area contributed by atoms with Gasteiger partial charge in [-0.25, -0.2) is 14.7 Å². The normalized spacial score (nSPS) is 13.4. The molecule has 9 nitrogen and oxygen atoms in total. The molecule has 0 saturated carbocycles. The Bertz CT molecular complexity index is 341. The van der Waals surface area contributed by atoms with Crippen molar-refractivity contribution in [2.75, 3.05) is 19.9 Å². The summed E-state index contributed by atoms with van der Waals surface area (Å²) in [7, 11) is 0. The van der Waals surface area contributed by atoms with E-state index in [2.05, 4.69) is 33.0 Å². The third-order valence-electron chi connectivity index (χ3n) is 1.95. The van der Waals surface area contributed by atoms with Crippen LogP contribution in [0.3, 0.4) is 0 Å². The lowest BCUT2D eigenvalue weighted by molar-refractivity contribution is 0.237. The van der Waals surface area contributed by atoms with Crippen molar-refractivity contribution in [1.29, 1.82) is 0 Å². The first-order valence-corrected chi connectivity index (χ1v) is 8.68. The zero-order valence-electron chi connectivity index (χ0n) is 10.9. The first-order chi connectivity index (χ1) is 8.87. The van der Waals surface area contributed by atoms with Gasteiger partial charge >= 0.3 is 12.1 Å². The number of rotatable bonds is 9. The van der Waals surface area contributed by atoms with E-state index >= 15 is 0 Å². The van der Waals surface area contributed by atoms with E-state index < -0.39 is 18.6 Å². The SMILES string of the molecule is CCCCNP(N)(=S)NCNC(=O)NCNC(N)=O. The average molecular weight is 311 g/mol. The minimum atomic E-state index is -2.32. The van der Waals surface area contributed by atoms with Gasteiger partial charge in [-0.15, -0.1) is 0 Å². The van der Waals surface area contributed by atoms with E-state index in [1.54, 1.807) is 0 Å². The van der Waals surface area contributed by atoms with Crippen LogP contribution in [0, 0.1) is 0 Å². The second kappa shape index (κ2) is 9.93. The highest BCUT2D eigenvalue weighted by atomic mass is 32.4. The van der Waals surface area contributed by atoms with Crippen LogP contribution in [0.5, 0.6) is 0 Å². The van der Waals surface area contributed by atoms with Crippen LogP contribution in [0.15, 0.2) is 0 Å². The Hall–Kier alpha value is -0.930. The molecule has 0 aliphatic carbocycles. The van der Waals surface area contributed by atoms with Gasteiger partial charge in [0.05, 0.1) is 13.3 Å². The van der Waals surface area contributed by atoms with Crippen LogP contribution in [0.25, 0.3) is 0 Å². The van der Waals surface area contributed by atoms with Gasteiger partial charge in [-0.1, -0.05) is 13.3 Å². The van der Waals surface area contributed by atoms with E-state index in [-0.39, 0.29) is 13.3 Å². The molecule has 1 atom stereocenters. The lowest BCUT2D eigenvalue weighted by Crippen LogP contribution is -2.46. The lowest BCUT2D eigenvalue weighted by atomic mass is 10.3. The second-order valence-corrected chi connectivity index (χ2v) is 7.33. The number of nitrogens with one attached hydrogen (secondary N) is 5. The molecule has 0 aromatic rings. The van der Waals surface area contributed by atoms with Crippen LogP contribution >= 0.6 is 6.49 Å². The predicted molar refractivity (Wildman–Crippen MR) is 78.6 cm³/mol. The molecule has 112 valence electrons. The summed E-state index contributed by atoms with van der Waals surface area (Å²) >= 11 is 5.15. The summed E-state index contributed by atoms with van der Waals surface area (Å²) in [5.74, 6) is 0. The highest BCUT2D eigenvalue weighted by Gasteiger charge is 2.08. The van der Waals surface area contributed by atoms with Crippen molar-refractivity contribution in [3.63, 3.8) is 0 Å². The van der Waals surface area contributed by atoms with E-state index in [1.807, 2.05) is 0 Å². The van der Waals surface area contributed by atoms with Crippen molar-refractivity contribution in [2.24, 2.45) is 11.2 Å². The quantitative estimate of drug-likeness (QED) is 0.166. The number of urea groups is 2. The molecule has 11 heteroatoms. The molecular weight excluding hydrogens is 289 g/mol. The highest BCUT2D eigenvalue weighted by molar-refractivity contribution is 8.11. The summed E-state index contributed by atoms with van der Waals surface area (Å²) in [4.78, 5) is 21.6. The number of unbranched alkanes of at least 4 members (excludes halogenated alkanes) is 1.